The highest BCUT2D eigenvalue weighted by Crippen LogP contribution is 2.57. The molecular weight excluding hydrogens is 344 g/mol. The van der Waals surface area contributed by atoms with E-state index in [0.29, 0.717) is 24.0 Å². The first-order chi connectivity index (χ1) is 11.9. The quantitative estimate of drug-likeness (QED) is 0.511. The van der Waals surface area contributed by atoms with E-state index in [-0.39, 0.29) is 23.4 Å². The van der Waals surface area contributed by atoms with Gasteiger partial charge in [-0.05, 0) is 75.9 Å². The van der Waals surface area contributed by atoms with Crippen molar-refractivity contribution in [3.63, 3.8) is 0 Å². The average Bonchev–Trinajstić information content (AvgIpc) is 2.95. The fourth-order valence-electron chi connectivity index (χ4n) is 6.21. The summed E-state index contributed by atoms with van der Waals surface area (Å²) in [7, 11) is -1.81. The fourth-order valence-corrected chi connectivity index (χ4v) is 7.73. The Hall–Kier alpha value is -0.683. The molecule has 6 atom stereocenters. The Morgan fingerprint density at radius 2 is 1.92 bits per heavy atom. The minimum Gasteiger partial charge on any atom is -0.460 e. The molecule has 0 amide bonds. The van der Waals surface area contributed by atoms with Crippen molar-refractivity contribution in [1.29, 1.82) is 0 Å². The number of hydrogen-bond donors (Lipinski definition) is 0. The molecule has 3 aliphatic rings. The maximum Gasteiger partial charge on any atom is 0.337 e. The first-order valence-corrected chi connectivity index (χ1v) is 13.8. The first-order valence-electron chi connectivity index (χ1n) is 10.4. The molecule has 0 radical (unpaired) electrons. The summed E-state index contributed by atoms with van der Waals surface area (Å²) < 4.78 is 11.9. The van der Waals surface area contributed by atoms with E-state index in [2.05, 4.69) is 33.5 Å². The van der Waals surface area contributed by atoms with Crippen LogP contribution in [-0.2, 0) is 18.8 Å². The van der Waals surface area contributed by atoms with Crippen molar-refractivity contribution in [1.82, 2.24) is 0 Å². The molecule has 5 heteroatoms. The largest absolute Gasteiger partial charge is 0.460 e. The lowest BCUT2D eigenvalue weighted by molar-refractivity contribution is -0.152. The second kappa shape index (κ2) is 6.73. The Bertz CT molecular complexity index is 583. The van der Waals surface area contributed by atoms with Crippen LogP contribution in [-0.4, -0.2) is 31.8 Å². The van der Waals surface area contributed by atoms with Crippen LogP contribution in [0.15, 0.2) is 0 Å². The molecule has 3 fully saturated rings. The minimum atomic E-state index is -1.81. The van der Waals surface area contributed by atoms with Crippen molar-refractivity contribution in [2.45, 2.75) is 97.1 Å². The summed E-state index contributed by atoms with van der Waals surface area (Å²) in [4.78, 5) is 24.8. The molecule has 0 bridgehead atoms. The smallest absolute Gasteiger partial charge is 0.337 e. The Kier molecular flexibility index (Phi) is 5.19. The van der Waals surface area contributed by atoms with Crippen LogP contribution < -0.4 is 0 Å². The van der Waals surface area contributed by atoms with Gasteiger partial charge in [-0.2, -0.15) is 0 Å². The Morgan fingerprint density at radius 1 is 1.23 bits per heavy atom. The molecule has 2 aliphatic carbocycles. The van der Waals surface area contributed by atoms with Crippen LogP contribution in [0.3, 0.4) is 0 Å². The number of carbonyl (C=O) groups is 2. The van der Waals surface area contributed by atoms with Gasteiger partial charge in [0.1, 0.15) is 11.9 Å². The van der Waals surface area contributed by atoms with E-state index >= 15 is 0 Å². The van der Waals surface area contributed by atoms with E-state index < -0.39 is 13.9 Å². The van der Waals surface area contributed by atoms with Crippen molar-refractivity contribution < 1.29 is 18.8 Å². The minimum absolute atomic E-state index is 0.0548. The molecule has 2 saturated carbocycles. The number of carbonyl (C=O) groups excluding carboxylic acids is 2. The highest BCUT2D eigenvalue weighted by Gasteiger charge is 2.54. The number of ketones is 1. The highest BCUT2D eigenvalue weighted by molar-refractivity contribution is 6.70. The molecule has 0 spiro atoms. The van der Waals surface area contributed by atoms with Gasteiger partial charge >= 0.3 is 5.97 Å². The first kappa shape index (κ1) is 20.1. The lowest BCUT2D eigenvalue weighted by Gasteiger charge is -2.42. The van der Waals surface area contributed by atoms with Gasteiger partial charge in [0.05, 0.1) is 0 Å². The lowest BCUT2D eigenvalue weighted by Crippen LogP contribution is -2.43. The van der Waals surface area contributed by atoms with Gasteiger partial charge in [-0.3, -0.25) is 4.79 Å². The van der Waals surface area contributed by atoms with Crippen LogP contribution in [0.1, 0.15) is 65.7 Å². The normalized spacial score (nSPS) is 41.8. The summed E-state index contributed by atoms with van der Waals surface area (Å²) in [5, 5.41) is 0. The average molecular weight is 381 g/mol. The Balaban J connectivity index is 1.65. The highest BCUT2D eigenvalue weighted by atomic mass is 28.4. The van der Waals surface area contributed by atoms with E-state index in [4.69, 9.17) is 9.16 Å². The van der Waals surface area contributed by atoms with Crippen LogP contribution in [0.5, 0.6) is 0 Å². The maximum absolute atomic E-state index is 12.5. The fraction of sp³-hybridized carbons (Fsp3) is 0.905. The van der Waals surface area contributed by atoms with E-state index in [0.717, 1.165) is 32.1 Å². The standard InChI is InChI=1S/C21H36O4Si/c1-14(16-9-10-17-18(22)8-7-11-20(16,17)2)12-15-13-21(3,19(23)24-15)25-26(4,5)6/h14-17H,7-13H2,1-6H3/t14-,15+,16-,17+,20-,21-/m1/s1. The predicted molar refractivity (Wildman–Crippen MR) is 104 cm³/mol. The van der Waals surface area contributed by atoms with Crippen LogP contribution in [0, 0.1) is 23.2 Å². The van der Waals surface area contributed by atoms with Gasteiger partial charge < -0.3 is 9.16 Å². The van der Waals surface area contributed by atoms with Gasteiger partial charge in [0.25, 0.3) is 0 Å². The molecule has 1 saturated heterocycles. The van der Waals surface area contributed by atoms with Crippen molar-refractivity contribution in [3.8, 4) is 0 Å². The topological polar surface area (TPSA) is 52.6 Å². The number of hydrogen-bond acceptors (Lipinski definition) is 4. The summed E-state index contributed by atoms with van der Waals surface area (Å²) >= 11 is 0. The molecule has 26 heavy (non-hydrogen) atoms. The predicted octanol–water partition coefficient (Wildman–Crippen LogP) is 4.72. The summed E-state index contributed by atoms with van der Waals surface area (Å²) in [6.45, 7) is 12.9. The van der Waals surface area contributed by atoms with Crippen LogP contribution in [0.25, 0.3) is 0 Å². The van der Waals surface area contributed by atoms with Crippen molar-refractivity contribution >= 4 is 20.1 Å². The van der Waals surface area contributed by atoms with E-state index in [9.17, 15) is 9.59 Å². The molecule has 1 heterocycles. The van der Waals surface area contributed by atoms with Gasteiger partial charge in [-0.15, -0.1) is 0 Å². The van der Waals surface area contributed by atoms with Crippen molar-refractivity contribution in [2.24, 2.45) is 23.2 Å². The Morgan fingerprint density at radius 3 is 2.58 bits per heavy atom. The van der Waals surface area contributed by atoms with Crippen LogP contribution in [0.2, 0.25) is 19.6 Å². The molecule has 0 unspecified atom stereocenters. The number of rotatable bonds is 5. The summed E-state index contributed by atoms with van der Waals surface area (Å²) in [6.07, 6.45) is 6.65. The zero-order chi connectivity index (χ0) is 19.3. The van der Waals surface area contributed by atoms with Gasteiger partial charge in [-0.1, -0.05) is 13.8 Å². The molecule has 0 aromatic heterocycles. The molecule has 0 aromatic rings. The molecule has 1 aliphatic heterocycles. The summed E-state index contributed by atoms with van der Waals surface area (Å²) in [6, 6.07) is 0. The number of fused-ring (bicyclic) bond motifs is 1. The monoisotopic (exact) mass is 380 g/mol. The van der Waals surface area contributed by atoms with E-state index in [1.807, 2.05) is 6.92 Å². The van der Waals surface area contributed by atoms with Gasteiger partial charge in [0.2, 0.25) is 0 Å². The summed E-state index contributed by atoms with van der Waals surface area (Å²) in [5.41, 5.74) is -0.632. The lowest BCUT2D eigenvalue weighted by atomic mass is 9.62. The second-order valence-electron chi connectivity index (χ2n) is 10.5. The number of ether oxygens (including phenoxy) is 1. The van der Waals surface area contributed by atoms with Crippen LogP contribution in [0.4, 0.5) is 0 Å². The molecule has 3 rings (SSSR count). The SMILES string of the molecule is C[C@H](C[C@H]1C[C@@](C)(O[Si](C)(C)C)C(=O)O1)[C@H]1CC[C@H]2C(=O)CCC[C@]12C. The number of cyclic esters (lactones) is 1. The molecular formula is C21H36O4Si. The van der Waals surface area contributed by atoms with Gasteiger partial charge in [-0.25, -0.2) is 4.79 Å². The van der Waals surface area contributed by atoms with E-state index in [1.54, 1.807) is 0 Å². The third-order valence-electron chi connectivity index (χ3n) is 7.11. The molecule has 148 valence electrons. The van der Waals surface area contributed by atoms with Crippen molar-refractivity contribution in [3.05, 3.63) is 0 Å². The van der Waals surface area contributed by atoms with Gasteiger partial charge in [0.15, 0.2) is 13.9 Å². The molecule has 0 N–H and O–H groups in total. The number of Topliss-reactive ketones (excluding diaryl/α,β-unsaturated/α-hetero) is 1. The van der Waals surface area contributed by atoms with E-state index in [1.165, 1.54) is 6.42 Å². The third kappa shape index (κ3) is 3.66. The zero-order valence-electron chi connectivity index (χ0n) is 17.4. The number of esters is 1. The molecule has 0 aromatic carbocycles. The van der Waals surface area contributed by atoms with Gasteiger partial charge in [0, 0.05) is 18.8 Å². The van der Waals surface area contributed by atoms with Crippen LogP contribution >= 0.6 is 0 Å². The zero-order valence-corrected chi connectivity index (χ0v) is 18.4. The van der Waals surface area contributed by atoms with Crippen molar-refractivity contribution in [2.75, 3.05) is 0 Å². The maximum atomic E-state index is 12.5. The molecule has 4 nitrogen and oxygen atoms in total. The Labute approximate surface area is 159 Å². The second-order valence-corrected chi connectivity index (χ2v) is 14.9. The summed E-state index contributed by atoms with van der Waals surface area (Å²) in [5.74, 6) is 1.57. The third-order valence-corrected chi connectivity index (χ3v) is 8.18.